The van der Waals surface area contributed by atoms with E-state index in [2.05, 4.69) is 74.6 Å². The smallest absolute Gasteiger partial charge is 0.0164 e. The van der Waals surface area contributed by atoms with E-state index in [0.29, 0.717) is 16.2 Å². The van der Waals surface area contributed by atoms with Gasteiger partial charge in [0.2, 0.25) is 0 Å². The molecule has 0 aliphatic heterocycles. The molecule has 4 aliphatic carbocycles. The van der Waals surface area contributed by atoms with E-state index in [9.17, 15) is 0 Å². The minimum absolute atomic E-state index is 0.508. The maximum Gasteiger partial charge on any atom is 0.0164 e. The zero-order valence-corrected chi connectivity index (χ0v) is 17.5. The summed E-state index contributed by atoms with van der Waals surface area (Å²) in [6.45, 7) is 10.5. The highest BCUT2D eigenvalue weighted by Crippen LogP contribution is 2.70. The highest BCUT2D eigenvalue weighted by Gasteiger charge is 2.62. The monoisotopic (exact) mass is 424 g/mol. The van der Waals surface area contributed by atoms with Gasteiger partial charge >= 0.3 is 0 Å². The van der Waals surface area contributed by atoms with Crippen molar-refractivity contribution in [3.63, 3.8) is 0 Å². The van der Waals surface area contributed by atoms with Crippen LogP contribution in [0.25, 0.3) is 0 Å². The first-order chi connectivity index (χ1) is 10.8. The third-order valence-electron chi connectivity index (χ3n) is 8.80. The number of halogens is 1. The summed E-state index contributed by atoms with van der Waals surface area (Å²) in [5, 5.41) is 0. The van der Waals surface area contributed by atoms with Gasteiger partial charge in [-0.3, -0.25) is 0 Å². The topological polar surface area (TPSA) is 0 Å². The zero-order valence-electron chi connectivity index (χ0n) is 15.3. The summed E-state index contributed by atoms with van der Waals surface area (Å²) in [5.41, 5.74) is 1.61. The fourth-order valence-corrected chi connectivity index (χ4v) is 8.35. The van der Waals surface area contributed by atoms with Crippen molar-refractivity contribution < 1.29 is 0 Å². The lowest BCUT2D eigenvalue weighted by Gasteiger charge is -2.67. The van der Waals surface area contributed by atoms with Gasteiger partial charge in [-0.2, -0.15) is 0 Å². The van der Waals surface area contributed by atoms with Crippen LogP contribution in [0.15, 0.2) is 24.3 Å². The van der Waals surface area contributed by atoms with Gasteiger partial charge in [-0.05, 0) is 78.4 Å². The Bertz CT molecular complexity index is 544. The van der Waals surface area contributed by atoms with Gasteiger partial charge in [0.15, 0.2) is 0 Å². The molecule has 4 aliphatic rings. The second-order valence-electron chi connectivity index (χ2n) is 10.0. The molecule has 1 heteroatoms. The van der Waals surface area contributed by atoms with Crippen LogP contribution in [0.5, 0.6) is 0 Å². The lowest BCUT2D eigenvalue weighted by molar-refractivity contribution is -0.159. The van der Waals surface area contributed by atoms with Crippen molar-refractivity contribution in [2.45, 2.75) is 70.1 Å². The molecule has 0 saturated heterocycles. The Kier molecular flexibility index (Phi) is 3.88. The van der Waals surface area contributed by atoms with E-state index in [1.165, 1.54) is 38.5 Å². The van der Waals surface area contributed by atoms with Gasteiger partial charge in [0.1, 0.15) is 0 Å². The summed E-state index contributed by atoms with van der Waals surface area (Å²) in [5.74, 6) is 3.46. The quantitative estimate of drug-likeness (QED) is 0.296. The first kappa shape index (κ1) is 16.7. The molecule has 0 nitrogen and oxygen atoms in total. The maximum absolute atomic E-state index is 2.76. The summed E-state index contributed by atoms with van der Waals surface area (Å²) in [7, 11) is 0. The molecule has 0 aromatic carbocycles. The van der Waals surface area contributed by atoms with Crippen LogP contribution in [0.1, 0.15) is 66.2 Å². The van der Waals surface area contributed by atoms with Crippen LogP contribution in [-0.4, -0.2) is 3.92 Å². The number of hydrogen-bond acceptors (Lipinski definition) is 0. The summed E-state index contributed by atoms with van der Waals surface area (Å²) in [4.78, 5) is 0. The van der Waals surface area contributed by atoms with Crippen LogP contribution < -0.4 is 0 Å². The number of alkyl halides is 1. The summed E-state index contributed by atoms with van der Waals surface area (Å²) >= 11 is 2.76. The van der Waals surface area contributed by atoms with E-state index in [-0.39, 0.29) is 0 Å². The molecule has 4 rings (SSSR count). The Morgan fingerprint density at radius 1 is 0.783 bits per heavy atom. The summed E-state index contributed by atoms with van der Waals surface area (Å²) in [6, 6.07) is 0. The molecule has 0 heterocycles. The molecular weight excluding hydrogens is 391 g/mol. The third-order valence-corrected chi connectivity index (χ3v) is 11.0. The Morgan fingerprint density at radius 3 is 2.26 bits per heavy atom. The van der Waals surface area contributed by atoms with Crippen molar-refractivity contribution in [3.8, 4) is 0 Å². The largest absolute Gasteiger partial charge is 0.0820 e. The predicted molar refractivity (Wildman–Crippen MR) is 108 cm³/mol. The van der Waals surface area contributed by atoms with Crippen LogP contribution in [-0.2, 0) is 0 Å². The zero-order chi connectivity index (χ0) is 16.5. The molecule has 128 valence electrons. The average Bonchev–Trinajstić information content (AvgIpc) is 2.51. The first-order valence-corrected chi connectivity index (χ1v) is 11.0. The van der Waals surface area contributed by atoms with E-state index in [0.717, 1.165) is 27.6 Å². The van der Waals surface area contributed by atoms with Gasteiger partial charge in [0.25, 0.3) is 0 Å². The fourth-order valence-electron chi connectivity index (χ4n) is 7.61. The van der Waals surface area contributed by atoms with Crippen molar-refractivity contribution in [2.75, 3.05) is 0 Å². The fraction of sp³-hybridized carbons (Fsp3) is 0.818. The van der Waals surface area contributed by atoms with E-state index < -0.39 is 0 Å². The molecule has 7 atom stereocenters. The van der Waals surface area contributed by atoms with Crippen molar-refractivity contribution in [3.05, 3.63) is 24.3 Å². The van der Waals surface area contributed by atoms with Gasteiger partial charge in [-0.1, -0.05) is 74.6 Å². The van der Waals surface area contributed by atoms with E-state index in [1.54, 1.807) is 0 Å². The highest BCUT2D eigenvalue weighted by atomic mass is 127. The van der Waals surface area contributed by atoms with Crippen molar-refractivity contribution in [2.24, 2.45) is 39.9 Å². The molecule has 3 fully saturated rings. The van der Waals surface area contributed by atoms with Gasteiger partial charge in [0.05, 0.1) is 0 Å². The number of rotatable bonds is 0. The van der Waals surface area contributed by atoms with Crippen LogP contribution >= 0.6 is 22.6 Å². The Balaban J connectivity index is 1.73. The first-order valence-electron chi connectivity index (χ1n) is 9.79. The van der Waals surface area contributed by atoms with Crippen LogP contribution in [0.3, 0.4) is 0 Å². The summed E-state index contributed by atoms with van der Waals surface area (Å²) < 4.78 is 0.858. The molecular formula is C22H33I. The maximum atomic E-state index is 2.76. The Morgan fingerprint density at radius 2 is 1.48 bits per heavy atom. The third kappa shape index (κ3) is 2.20. The molecule has 23 heavy (non-hydrogen) atoms. The number of allylic oxidation sites excluding steroid dienone is 4. The van der Waals surface area contributed by atoms with Gasteiger partial charge in [-0.15, -0.1) is 0 Å². The normalized spacial score (nSPS) is 54.0. The summed E-state index contributed by atoms with van der Waals surface area (Å²) in [6.07, 6.45) is 18.4. The molecule has 0 N–H and O–H groups in total. The molecule has 0 spiro atoms. The predicted octanol–water partition coefficient (Wildman–Crippen LogP) is 6.80. The van der Waals surface area contributed by atoms with Gasteiger partial charge in [0, 0.05) is 3.92 Å². The minimum Gasteiger partial charge on any atom is -0.0820 e. The van der Waals surface area contributed by atoms with Crippen LogP contribution in [0.4, 0.5) is 0 Å². The van der Waals surface area contributed by atoms with Crippen molar-refractivity contribution >= 4 is 22.6 Å². The minimum atomic E-state index is 0.508. The molecule has 0 aromatic heterocycles. The standard InChI is InChI=1S/C22H33I/c1-20(2)17-11-13-21(3)16-8-6-5-7-15(16)9-10-18(21)22(17,4)14-12-19(20)23/h5-8,15-19H,9-14H2,1-4H3/t15?,16?,17?,18-,19-,21-,22-/m0/s1. The SMILES string of the molecule is CC1(C)C2CC[C@@]3(C)C4C=CC=CC4CC[C@@H]3[C@@]2(C)CC[C@@H]1I. The number of fused-ring (bicyclic) bond motifs is 5. The highest BCUT2D eigenvalue weighted by molar-refractivity contribution is 14.1. The molecule has 3 saturated carbocycles. The van der Waals surface area contributed by atoms with E-state index >= 15 is 0 Å². The van der Waals surface area contributed by atoms with Gasteiger partial charge < -0.3 is 0 Å². The van der Waals surface area contributed by atoms with Crippen molar-refractivity contribution in [1.29, 1.82) is 0 Å². The molecule has 0 radical (unpaired) electrons. The molecule has 0 bridgehead atoms. The van der Waals surface area contributed by atoms with Crippen LogP contribution in [0.2, 0.25) is 0 Å². The van der Waals surface area contributed by atoms with Crippen LogP contribution in [0, 0.1) is 39.9 Å². The number of hydrogen-bond donors (Lipinski definition) is 0. The second-order valence-corrected chi connectivity index (χ2v) is 11.5. The second kappa shape index (κ2) is 5.35. The lowest BCUT2D eigenvalue weighted by atomic mass is 9.38. The van der Waals surface area contributed by atoms with E-state index in [4.69, 9.17) is 0 Å². The lowest BCUT2D eigenvalue weighted by Crippen LogP contribution is -2.60. The molecule has 3 unspecified atom stereocenters. The van der Waals surface area contributed by atoms with E-state index in [1.807, 2.05) is 0 Å². The van der Waals surface area contributed by atoms with Crippen molar-refractivity contribution in [1.82, 2.24) is 0 Å². The average molecular weight is 424 g/mol. The Labute approximate surface area is 156 Å². The van der Waals surface area contributed by atoms with Gasteiger partial charge in [-0.25, -0.2) is 0 Å². The Hall–Kier alpha value is 0.210. The molecule has 0 aromatic rings. The molecule has 0 amide bonds.